The number of tetrazole rings is 1. The van der Waals surface area contributed by atoms with Crippen molar-refractivity contribution in [2.24, 2.45) is 7.05 Å². The van der Waals surface area contributed by atoms with E-state index in [-0.39, 0.29) is 10.9 Å². The number of hydrogen-bond acceptors (Lipinski definition) is 6. The van der Waals surface area contributed by atoms with Crippen molar-refractivity contribution in [3.8, 4) is 0 Å². The predicted octanol–water partition coefficient (Wildman–Crippen LogP) is 1.06. The maximum atomic E-state index is 12.0. The lowest BCUT2D eigenvalue weighted by Gasteiger charge is -2.05. The van der Waals surface area contributed by atoms with Gasteiger partial charge < -0.3 is 0 Å². The van der Waals surface area contributed by atoms with E-state index in [2.05, 4.69) is 26.7 Å². The van der Waals surface area contributed by atoms with Crippen LogP contribution in [0.3, 0.4) is 0 Å². The Labute approximate surface area is 130 Å². The molecule has 0 saturated heterocycles. The molecule has 0 aliphatic carbocycles. The molecule has 0 radical (unpaired) electrons. The van der Waals surface area contributed by atoms with Crippen molar-refractivity contribution < 1.29 is 8.42 Å². The summed E-state index contributed by atoms with van der Waals surface area (Å²) in [5, 5.41) is 14.8. The topological polar surface area (TPSA) is 95.6 Å². The third-order valence-electron chi connectivity index (χ3n) is 3.50. The van der Waals surface area contributed by atoms with E-state index in [1.54, 1.807) is 0 Å². The fraction of sp³-hybridized carbons (Fsp3) is 0.692. The minimum atomic E-state index is -3.38. The van der Waals surface area contributed by atoms with Crippen molar-refractivity contribution >= 4 is 9.84 Å². The highest BCUT2D eigenvalue weighted by atomic mass is 32.2. The SMILES string of the molecule is Cc1cc(C)n(CCCCCCS(=O)(=O)c2nnnn2C)n1. The van der Waals surface area contributed by atoms with Gasteiger partial charge in [-0.3, -0.25) is 4.68 Å². The molecule has 0 aromatic carbocycles. The van der Waals surface area contributed by atoms with Gasteiger partial charge >= 0.3 is 0 Å². The van der Waals surface area contributed by atoms with Gasteiger partial charge in [0, 0.05) is 19.3 Å². The summed E-state index contributed by atoms with van der Waals surface area (Å²) in [4.78, 5) is 0. The normalized spacial score (nSPS) is 12.0. The van der Waals surface area contributed by atoms with Crippen LogP contribution in [0.15, 0.2) is 11.2 Å². The van der Waals surface area contributed by atoms with Crippen LogP contribution in [-0.4, -0.2) is 44.2 Å². The Balaban J connectivity index is 1.69. The van der Waals surface area contributed by atoms with E-state index >= 15 is 0 Å². The van der Waals surface area contributed by atoms with Gasteiger partial charge in [-0.15, -0.1) is 0 Å². The minimum absolute atomic E-state index is 0.0601. The summed E-state index contributed by atoms with van der Waals surface area (Å²) in [6.07, 6.45) is 3.45. The largest absolute Gasteiger partial charge is 0.270 e. The van der Waals surface area contributed by atoms with E-state index in [0.29, 0.717) is 6.42 Å². The van der Waals surface area contributed by atoms with Crippen LogP contribution >= 0.6 is 0 Å². The highest BCUT2D eigenvalue weighted by Crippen LogP contribution is 2.10. The molecular formula is C13H22N6O2S. The molecule has 2 aromatic rings. The number of rotatable bonds is 8. The Hall–Kier alpha value is -1.77. The Morgan fingerprint density at radius 3 is 2.45 bits per heavy atom. The molecule has 0 unspecified atom stereocenters. The van der Waals surface area contributed by atoms with Crippen molar-refractivity contribution in [2.45, 2.75) is 51.2 Å². The van der Waals surface area contributed by atoms with Gasteiger partial charge in [0.25, 0.3) is 5.16 Å². The molecule has 8 nitrogen and oxygen atoms in total. The first-order chi connectivity index (χ1) is 10.4. The van der Waals surface area contributed by atoms with Gasteiger partial charge in [-0.25, -0.2) is 13.1 Å². The molecule has 0 saturated carbocycles. The van der Waals surface area contributed by atoms with Gasteiger partial charge in [-0.05, 0) is 43.2 Å². The first kappa shape index (κ1) is 16.6. The fourth-order valence-electron chi connectivity index (χ4n) is 2.38. The van der Waals surface area contributed by atoms with E-state index in [4.69, 9.17) is 0 Å². The predicted molar refractivity (Wildman–Crippen MR) is 81.0 cm³/mol. The number of aryl methyl sites for hydroxylation is 4. The molecule has 2 rings (SSSR count). The zero-order chi connectivity index (χ0) is 16.2. The summed E-state index contributed by atoms with van der Waals surface area (Å²) in [6.45, 7) is 4.90. The highest BCUT2D eigenvalue weighted by Gasteiger charge is 2.20. The van der Waals surface area contributed by atoms with Gasteiger partial charge in [0.1, 0.15) is 0 Å². The molecule has 0 aliphatic rings. The lowest BCUT2D eigenvalue weighted by Crippen LogP contribution is -2.13. The van der Waals surface area contributed by atoms with Crippen LogP contribution in [0, 0.1) is 13.8 Å². The fourth-order valence-corrected chi connectivity index (χ4v) is 3.75. The molecule has 0 spiro atoms. The Morgan fingerprint density at radius 1 is 1.14 bits per heavy atom. The number of nitrogens with zero attached hydrogens (tertiary/aromatic N) is 6. The minimum Gasteiger partial charge on any atom is -0.270 e. The molecule has 0 amide bonds. The lowest BCUT2D eigenvalue weighted by atomic mass is 10.2. The van der Waals surface area contributed by atoms with E-state index < -0.39 is 9.84 Å². The van der Waals surface area contributed by atoms with Crippen molar-refractivity contribution in [1.29, 1.82) is 0 Å². The lowest BCUT2D eigenvalue weighted by molar-refractivity contribution is 0.526. The van der Waals surface area contributed by atoms with Crippen LogP contribution in [0.4, 0.5) is 0 Å². The number of unbranched alkanes of at least 4 members (excludes halogenated alkanes) is 3. The summed E-state index contributed by atoms with van der Waals surface area (Å²) in [5.41, 5.74) is 2.19. The van der Waals surface area contributed by atoms with E-state index in [0.717, 1.165) is 37.2 Å². The second-order valence-corrected chi connectivity index (χ2v) is 7.47. The average Bonchev–Trinajstić information content (AvgIpc) is 3.00. The van der Waals surface area contributed by atoms with Crippen LogP contribution in [0.25, 0.3) is 0 Å². The highest BCUT2D eigenvalue weighted by molar-refractivity contribution is 7.91. The number of aromatic nitrogens is 6. The molecule has 2 aromatic heterocycles. The quantitative estimate of drug-likeness (QED) is 0.673. The van der Waals surface area contributed by atoms with Crippen LogP contribution in [0.1, 0.15) is 37.1 Å². The van der Waals surface area contributed by atoms with Crippen molar-refractivity contribution in [3.05, 3.63) is 17.5 Å². The third kappa shape index (κ3) is 4.12. The molecule has 0 bridgehead atoms. The van der Waals surface area contributed by atoms with Crippen LogP contribution in [0.5, 0.6) is 0 Å². The second kappa shape index (κ2) is 6.99. The number of hydrogen-bond donors (Lipinski definition) is 0. The average molecular weight is 326 g/mol. The Bertz CT molecular complexity index is 719. The maximum absolute atomic E-state index is 12.0. The van der Waals surface area contributed by atoms with Crippen molar-refractivity contribution in [2.75, 3.05) is 5.75 Å². The number of sulfone groups is 1. The van der Waals surface area contributed by atoms with Gasteiger partial charge in [0.15, 0.2) is 0 Å². The smallest absolute Gasteiger partial charge is 0.267 e. The molecular weight excluding hydrogens is 304 g/mol. The van der Waals surface area contributed by atoms with Crippen LogP contribution in [-0.2, 0) is 23.4 Å². The molecule has 0 N–H and O–H groups in total. The monoisotopic (exact) mass is 326 g/mol. The molecule has 0 fully saturated rings. The van der Waals surface area contributed by atoms with E-state index in [1.165, 1.54) is 11.7 Å². The summed E-state index contributed by atoms with van der Waals surface area (Å²) in [5.74, 6) is 0.0844. The van der Waals surface area contributed by atoms with Crippen LogP contribution < -0.4 is 0 Å². The summed E-state index contributed by atoms with van der Waals surface area (Å²) < 4.78 is 27.3. The molecule has 2 heterocycles. The Kier molecular flexibility index (Phi) is 5.28. The zero-order valence-corrected chi connectivity index (χ0v) is 14.0. The summed E-state index contributed by atoms with van der Waals surface area (Å²) in [7, 11) is -1.85. The van der Waals surface area contributed by atoms with E-state index in [9.17, 15) is 8.42 Å². The molecule has 22 heavy (non-hydrogen) atoms. The maximum Gasteiger partial charge on any atom is 0.267 e. The summed E-state index contributed by atoms with van der Waals surface area (Å²) in [6, 6.07) is 2.06. The summed E-state index contributed by atoms with van der Waals surface area (Å²) >= 11 is 0. The van der Waals surface area contributed by atoms with Crippen LogP contribution in [0.2, 0.25) is 0 Å². The third-order valence-corrected chi connectivity index (χ3v) is 5.22. The van der Waals surface area contributed by atoms with Crippen molar-refractivity contribution in [3.63, 3.8) is 0 Å². The molecule has 0 atom stereocenters. The van der Waals surface area contributed by atoms with Gasteiger partial charge in [-0.1, -0.05) is 17.9 Å². The zero-order valence-electron chi connectivity index (χ0n) is 13.2. The van der Waals surface area contributed by atoms with Gasteiger partial charge in [0.05, 0.1) is 11.4 Å². The van der Waals surface area contributed by atoms with E-state index in [1.807, 2.05) is 18.5 Å². The van der Waals surface area contributed by atoms with Gasteiger partial charge in [0.2, 0.25) is 9.84 Å². The Morgan fingerprint density at radius 2 is 1.86 bits per heavy atom. The first-order valence-electron chi connectivity index (χ1n) is 7.36. The second-order valence-electron chi connectivity index (χ2n) is 5.47. The van der Waals surface area contributed by atoms with Crippen molar-refractivity contribution in [1.82, 2.24) is 30.0 Å². The molecule has 122 valence electrons. The first-order valence-corrected chi connectivity index (χ1v) is 9.01. The molecule has 0 aliphatic heterocycles. The standard InChI is InChI=1S/C13H22N6O2S/c1-11-10-12(2)19(15-11)8-6-4-5-7-9-22(20,21)13-14-16-17-18(13)3/h10H,4-9H2,1-3H3. The van der Waals surface area contributed by atoms with Gasteiger partial charge in [-0.2, -0.15) is 5.10 Å². The molecule has 9 heteroatoms.